The highest BCUT2D eigenvalue weighted by Crippen LogP contribution is 2.49. The smallest absolute Gasteiger partial charge is 0.0622 e. The van der Waals surface area contributed by atoms with Gasteiger partial charge in [0.25, 0.3) is 0 Å². The van der Waals surface area contributed by atoms with Crippen molar-refractivity contribution in [3.63, 3.8) is 0 Å². The Morgan fingerprint density at radius 1 is 0.261 bits per heavy atom. The van der Waals surface area contributed by atoms with Crippen molar-refractivity contribution in [3.8, 4) is 33.4 Å². The van der Waals surface area contributed by atoms with Gasteiger partial charge in [-0.1, -0.05) is 169 Å². The van der Waals surface area contributed by atoms with Gasteiger partial charge in [0.15, 0.2) is 0 Å². The summed E-state index contributed by atoms with van der Waals surface area (Å²) in [7, 11) is 0. The molecular formula is C46H28. The average Bonchev–Trinajstić information content (AvgIpc) is 3.36. The highest BCUT2D eigenvalue weighted by atomic mass is 14.2. The summed E-state index contributed by atoms with van der Waals surface area (Å²) in [5.41, 5.74) is -4.65. The van der Waals surface area contributed by atoms with Crippen LogP contribution in [0.25, 0.3) is 98.0 Å². The maximum atomic E-state index is 9.79. The van der Waals surface area contributed by atoms with Crippen molar-refractivity contribution >= 4 is 64.6 Å². The molecule has 0 N–H and O–H groups in total. The first-order chi connectivity index (χ1) is 34.5. The zero-order valence-corrected chi connectivity index (χ0v) is 23.0. The molecule has 0 atom stereocenters. The van der Waals surface area contributed by atoms with Gasteiger partial charge >= 0.3 is 0 Å². The largest absolute Gasteiger partial charge is 0.0630 e. The molecule has 0 heterocycles. The van der Waals surface area contributed by atoms with Crippen molar-refractivity contribution in [1.29, 1.82) is 0 Å². The zero-order chi connectivity index (χ0) is 54.6. The fourth-order valence-corrected chi connectivity index (χ4v) is 5.97. The fourth-order valence-electron chi connectivity index (χ4n) is 5.97. The van der Waals surface area contributed by atoms with E-state index in [1.54, 1.807) is 0 Å². The van der Waals surface area contributed by atoms with Crippen molar-refractivity contribution in [3.05, 3.63) is 169 Å². The van der Waals surface area contributed by atoms with Crippen LogP contribution >= 0.6 is 0 Å². The third kappa shape index (κ3) is 3.62. The molecule has 0 fully saturated rings. The highest BCUT2D eigenvalue weighted by Gasteiger charge is 2.21. The van der Waals surface area contributed by atoms with Crippen LogP contribution in [0.15, 0.2) is 169 Å². The number of fused-ring (bicyclic) bond motifs is 4. The third-order valence-electron chi connectivity index (χ3n) is 7.88. The molecule has 0 aromatic heterocycles. The number of hydrogen-bond acceptors (Lipinski definition) is 0. The average molecular weight is 609 g/mol. The van der Waals surface area contributed by atoms with E-state index in [0.29, 0.717) is 0 Å². The molecule has 0 amide bonds. The standard InChI is InChI=1S/C46H28/c1-2-9-29(10-3-1)30-17-19-34(20-18-30)43-37-15-6-7-16-38(37)46(45-36-14-5-4-11-31(36)23-28-41(43)45)40-27-25-35-22-21-32-12-8-13-33-24-26-39(40)44(35)42(32)33/h1-28H/i1D,2D,3D,4D,5D,6D,7D,8D,9D,10D,11D,12D,13D,14D,15D,16D,17D,18D,19D,20D,21D,22D,23D,24D,25D,26D,27D,28D. The van der Waals surface area contributed by atoms with Gasteiger partial charge in [-0.2, -0.15) is 0 Å². The van der Waals surface area contributed by atoms with Gasteiger partial charge in [-0.05, 0) is 98.0 Å². The molecule has 0 heteroatoms. The molecule has 0 aliphatic heterocycles. The van der Waals surface area contributed by atoms with Crippen LogP contribution < -0.4 is 0 Å². The van der Waals surface area contributed by atoms with E-state index in [0.717, 1.165) is 0 Å². The Morgan fingerprint density at radius 3 is 1.57 bits per heavy atom. The predicted molar refractivity (Wildman–Crippen MR) is 199 cm³/mol. The van der Waals surface area contributed by atoms with Crippen LogP contribution in [0.2, 0.25) is 0 Å². The van der Waals surface area contributed by atoms with Gasteiger partial charge < -0.3 is 0 Å². The maximum absolute atomic E-state index is 9.79. The molecule has 0 aliphatic rings. The second kappa shape index (κ2) is 9.76. The van der Waals surface area contributed by atoms with E-state index in [9.17, 15) is 17.8 Å². The normalized spacial score (nSPS) is 20.4. The molecule has 0 radical (unpaired) electrons. The van der Waals surface area contributed by atoms with Gasteiger partial charge in [0.1, 0.15) is 0 Å². The van der Waals surface area contributed by atoms with Gasteiger partial charge in [0.2, 0.25) is 0 Å². The summed E-state index contributed by atoms with van der Waals surface area (Å²) in [6.07, 6.45) is 0. The van der Waals surface area contributed by atoms with E-state index in [2.05, 4.69) is 0 Å². The minimum absolute atomic E-state index is 0.339. The summed E-state index contributed by atoms with van der Waals surface area (Å²) >= 11 is 0. The zero-order valence-electron chi connectivity index (χ0n) is 51.0. The Morgan fingerprint density at radius 2 is 0.783 bits per heavy atom. The van der Waals surface area contributed by atoms with Crippen LogP contribution in [0.5, 0.6) is 0 Å². The molecular weight excluding hydrogens is 553 g/mol. The first kappa shape index (κ1) is 10.3. The Hall–Kier alpha value is -5.98. The Bertz CT molecular complexity index is 4300. The van der Waals surface area contributed by atoms with Crippen molar-refractivity contribution in [2.24, 2.45) is 0 Å². The SMILES string of the molecule is [2H]c1c([2H])c([2H])c(-c2c([2H])c([2H])c(-c3c4c([2H])c([2H])c([2H])c([2H])c4c(-c4c([2H])c([2H])c5c([2H])c([2H])c6c([2H])c([2H])c([2H])c7c([2H])c([2H])c4c5c67)c4c3c([2H])c([2H])c3c([2H])c([2H])c([2H])c([2H])c34)c([2H])c2[2H])c([2H])c1[2H]. The molecule has 10 aromatic rings. The van der Waals surface area contributed by atoms with E-state index in [4.69, 9.17) is 20.6 Å². The van der Waals surface area contributed by atoms with Crippen molar-refractivity contribution in [2.75, 3.05) is 0 Å². The second-order valence-electron chi connectivity index (χ2n) is 10.2. The second-order valence-corrected chi connectivity index (χ2v) is 10.2. The first-order valence-electron chi connectivity index (χ1n) is 27.8. The topological polar surface area (TPSA) is 0 Å². The number of benzene rings is 10. The summed E-state index contributed by atoms with van der Waals surface area (Å²) in [5.74, 6) is 0. The molecule has 0 aliphatic carbocycles. The third-order valence-corrected chi connectivity index (χ3v) is 7.88. The summed E-state index contributed by atoms with van der Waals surface area (Å²) in [6.45, 7) is 0. The van der Waals surface area contributed by atoms with Gasteiger partial charge in [-0.15, -0.1) is 0 Å². The quantitative estimate of drug-likeness (QED) is 0.138. The van der Waals surface area contributed by atoms with Crippen LogP contribution in [0.1, 0.15) is 38.4 Å². The molecule has 46 heavy (non-hydrogen) atoms. The Labute approximate surface area is 306 Å². The maximum Gasteiger partial charge on any atom is 0.0630 e. The van der Waals surface area contributed by atoms with Gasteiger partial charge in [-0.25, -0.2) is 0 Å². The molecule has 0 saturated heterocycles. The van der Waals surface area contributed by atoms with Crippen LogP contribution in [-0.2, 0) is 0 Å². The van der Waals surface area contributed by atoms with Crippen LogP contribution in [0, 0.1) is 0 Å². The lowest BCUT2D eigenvalue weighted by atomic mass is 9.82. The Balaban J connectivity index is 1.61. The number of rotatable bonds is 3. The lowest BCUT2D eigenvalue weighted by molar-refractivity contribution is 1.61. The van der Waals surface area contributed by atoms with Crippen molar-refractivity contribution in [2.45, 2.75) is 0 Å². The van der Waals surface area contributed by atoms with Crippen molar-refractivity contribution < 1.29 is 38.4 Å². The van der Waals surface area contributed by atoms with E-state index in [-0.39, 0.29) is 5.39 Å². The summed E-state index contributed by atoms with van der Waals surface area (Å²) < 4.78 is 254. The summed E-state index contributed by atoms with van der Waals surface area (Å²) in [4.78, 5) is 0. The van der Waals surface area contributed by atoms with E-state index >= 15 is 0 Å². The minimum Gasteiger partial charge on any atom is -0.0622 e. The highest BCUT2D eigenvalue weighted by molar-refractivity contribution is 6.32. The van der Waals surface area contributed by atoms with Crippen LogP contribution in [0.3, 0.4) is 0 Å². The van der Waals surface area contributed by atoms with Gasteiger partial charge in [0, 0.05) is 0 Å². The van der Waals surface area contributed by atoms with Crippen LogP contribution in [-0.4, -0.2) is 0 Å². The molecule has 0 saturated carbocycles. The van der Waals surface area contributed by atoms with Gasteiger partial charge in [-0.3, -0.25) is 0 Å². The molecule has 0 unspecified atom stereocenters. The summed E-state index contributed by atoms with van der Waals surface area (Å²) in [6, 6.07) is -26.0. The van der Waals surface area contributed by atoms with Gasteiger partial charge in [0.05, 0.1) is 38.4 Å². The molecule has 0 nitrogen and oxygen atoms in total. The van der Waals surface area contributed by atoms with Crippen molar-refractivity contribution in [1.82, 2.24) is 0 Å². The minimum atomic E-state index is -1.10. The molecule has 0 spiro atoms. The van der Waals surface area contributed by atoms with E-state index in [1.165, 1.54) is 0 Å². The molecule has 10 aromatic carbocycles. The lowest BCUT2D eigenvalue weighted by Crippen LogP contribution is -1.93. The molecule has 0 bridgehead atoms. The lowest BCUT2D eigenvalue weighted by Gasteiger charge is -2.21. The van der Waals surface area contributed by atoms with E-state index in [1.807, 2.05) is 0 Å². The summed E-state index contributed by atoms with van der Waals surface area (Å²) in [5, 5.41) is -7.11. The predicted octanol–water partition coefficient (Wildman–Crippen LogP) is 13.0. The number of hydrogen-bond donors (Lipinski definition) is 0. The molecule has 212 valence electrons. The Kier molecular flexibility index (Phi) is 2.18. The molecule has 10 rings (SSSR count). The van der Waals surface area contributed by atoms with E-state index < -0.39 is 262 Å². The monoisotopic (exact) mass is 608 g/mol. The van der Waals surface area contributed by atoms with Crippen LogP contribution in [0.4, 0.5) is 0 Å². The first-order valence-corrected chi connectivity index (χ1v) is 13.8. The fraction of sp³-hybridized carbons (Fsp3) is 0.